The van der Waals surface area contributed by atoms with Crippen molar-refractivity contribution in [1.29, 1.82) is 0 Å². The van der Waals surface area contributed by atoms with Gasteiger partial charge in [-0.2, -0.15) is 0 Å². The summed E-state index contributed by atoms with van der Waals surface area (Å²) in [5.41, 5.74) is 1.27. The minimum absolute atomic E-state index is 0.0887. The SMILES string of the molecule is CC(O)CCOc1c(Br)cc(CNC(C)(C)C)cc1Br. The average molecular weight is 409 g/mol. The predicted molar refractivity (Wildman–Crippen MR) is 90.2 cm³/mol. The molecule has 0 radical (unpaired) electrons. The van der Waals surface area contributed by atoms with Crippen LogP contribution < -0.4 is 10.1 Å². The highest BCUT2D eigenvalue weighted by molar-refractivity contribution is 9.11. The highest BCUT2D eigenvalue weighted by atomic mass is 79.9. The summed E-state index contributed by atoms with van der Waals surface area (Å²) >= 11 is 7.08. The zero-order valence-electron chi connectivity index (χ0n) is 12.5. The molecule has 0 aromatic heterocycles. The summed E-state index contributed by atoms with van der Waals surface area (Å²) in [4.78, 5) is 0. The Labute approximate surface area is 138 Å². The first-order chi connectivity index (χ1) is 9.19. The molecule has 1 aromatic rings. The third-order valence-electron chi connectivity index (χ3n) is 2.66. The summed E-state index contributed by atoms with van der Waals surface area (Å²) in [6.07, 6.45) is 0.273. The van der Waals surface area contributed by atoms with Crippen molar-refractivity contribution in [3.63, 3.8) is 0 Å². The fourth-order valence-electron chi connectivity index (χ4n) is 1.55. The van der Waals surface area contributed by atoms with E-state index in [1.54, 1.807) is 6.92 Å². The number of hydrogen-bond donors (Lipinski definition) is 2. The molecule has 0 bridgehead atoms. The molecule has 5 heteroatoms. The van der Waals surface area contributed by atoms with Crippen molar-refractivity contribution >= 4 is 31.9 Å². The summed E-state index contributed by atoms with van der Waals surface area (Å²) in [6, 6.07) is 4.11. The lowest BCUT2D eigenvalue weighted by molar-refractivity contribution is 0.155. The Kier molecular flexibility index (Phi) is 6.98. The molecule has 0 amide bonds. The molecule has 0 aliphatic heterocycles. The lowest BCUT2D eigenvalue weighted by atomic mass is 10.1. The molecule has 0 aliphatic carbocycles. The van der Waals surface area contributed by atoms with E-state index in [1.807, 2.05) is 0 Å². The Balaban J connectivity index is 2.71. The summed E-state index contributed by atoms with van der Waals surface area (Å²) in [5.74, 6) is 0.783. The van der Waals surface area contributed by atoms with E-state index in [-0.39, 0.29) is 11.6 Å². The third-order valence-corrected chi connectivity index (χ3v) is 3.84. The molecule has 1 rings (SSSR count). The highest BCUT2D eigenvalue weighted by Gasteiger charge is 2.12. The van der Waals surface area contributed by atoms with Crippen LogP contribution >= 0.6 is 31.9 Å². The van der Waals surface area contributed by atoms with Crippen LogP contribution in [0.5, 0.6) is 5.75 Å². The van der Waals surface area contributed by atoms with Crippen LogP contribution in [-0.2, 0) is 6.54 Å². The van der Waals surface area contributed by atoms with Gasteiger partial charge in [0.1, 0.15) is 5.75 Å². The van der Waals surface area contributed by atoms with Crippen LogP contribution in [0.25, 0.3) is 0 Å². The van der Waals surface area contributed by atoms with Crippen LogP contribution in [0.1, 0.15) is 39.7 Å². The lowest BCUT2D eigenvalue weighted by Crippen LogP contribution is -2.35. The molecular weight excluding hydrogens is 386 g/mol. The maximum Gasteiger partial charge on any atom is 0.147 e. The molecule has 0 spiro atoms. The Bertz CT molecular complexity index is 419. The van der Waals surface area contributed by atoms with E-state index in [4.69, 9.17) is 4.74 Å². The zero-order chi connectivity index (χ0) is 15.3. The van der Waals surface area contributed by atoms with E-state index >= 15 is 0 Å². The summed E-state index contributed by atoms with van der Waals surface area (Å²) in [6.45, 7) is 9.48. The molecule has 0 heterocycles. The van der Waals surface area contributed by atoms with Gasteiger partial charge >= 0.3 is 0 Å². The van der Waals surface area contributed by atoms with Crippen molar-refractivity contribution in [2.24, 2.45) is 0 Å². The summed E-state index contributed by atoms with van der Waals surface area (Å²) in [7, 11) is 0. The minimum Gasteiger partial charge on any atom is -0.491 e. The van der Waals surface area contributed by atoms with E-state index in [9.17, 15) is 5.11 Å². The Hall–Kier alpha value is -0.100. The topological polar surface area (TPSA) is 41.5 Å². The molecule has 20 heavy (non-hydrogen) atoms. The highest BCUT2D eigenvalue weighted by Crippen LogP contribution is 2.35. The molecule has 1 atom stereocenters. The number of aliphatic hydroxyl groups is 1. The first-order valence-corrected chi connectivity index (χ1v) is 8.31. The van der Waals surface area contributed by atoms with Gasteiger partial charge < -0.3 is 15.2 Å². The van der Waals surface area contributed by atoms with Gasteiger partial charge in [-0.3, -0.25) is 0 Å². The minimum atomic E-state index is -0.345. The average Bonchev–Trinajstić information content (AvgIpc) is 2.29. The predicted octanol–water partition coefficient (Wildman–Crippen LogP) is 4.25. The van der Waals surface area contributed by atoms with Crippen LogP contribution in [-0.4, -0.2) is 23.4 Å². The van der Waals surface area contributed by atoms with Crippen molar-refractivity contribution in [2.45, 2.75) is 52.3 Å². The Morgan fingerprint density at radius 2 is 1.80 bits per heavy atom. The number of benzene rings is 1. The Morgan fingerprint density at radius 3 is 2.25 bits per heavy atom. The first-order valence-electron chi connectivity index (χ1n) is 6.73. The molecule has 1 unspecified atom stereocenters. The smallest absolute Gasteiger partial charge is 0.147 e. The number of hydrogen-bond acceptors (Lipinski definition) is 3. The van der Waals surface area contributed by atoms with Gasteiger partial charge in [0.15, 0.2) is 0 Å². The van der Waals surface area contributed by atoms with Gasteiger partial charge in [0, 0.05) is 18.5 Å². The van der Waals surface area contributed by atoms with Gasteiger partial charge in [0.2, 0.25) is 0 Å². The van der Waals surface area contributed by atoms with E-state index in [1.165, 1.54) is 5.56 Å². The largest absolute Gasteiger partial charge is 0.491 e. The summed E-state index contributed by atoms with van der Waals surface area (Å²) < 4.78 is 7.54. The normalized spacial score (nSPS) is 13.3. The van der Waals surface area contributed by atoms with Crippen LogP contribution in [0.15, 0.2) is 21.1 Å². The maximum absolute atomic E-state index is 9.25. The molecule has 0 saturated carbocycles. The second kappa shape index (κ2) is 7.78. The monoisotopic (exact) mass is 407 g/mol. The molecule has 0 fully saturated rings. The van der Waals surface area contributed by atoms with Crippen molar-refractivity contribution in [2.75, 3.05) is 6.61 Å². The van der Waals surface area contributed by atoms with Crippen LogP contribution in [0.4, 0.5) is 0 Å². The van der Waals surface area contributed by atoms with Gasteiger partial charge in [-0.15, -0.1) is 0 Å². The summed E-state index contributed by atoms with van der Waals surface area (Å²) in [5, 5.41) is 12.7. The molecule has 1 aromatic carbocycles. The number of halogens is 2. The fourth-order valence-corrected chi connectivity index (χ4v) is 3.06. The lowest BCUT2D eigenvalue weighted by Gasteiger charge is -2.21. The van der Waals surface area contributed by atoms with Crippen LogP contribution in [0, 0.1) is 0 Å². The molecule has 0 aliphatic rings. The number of nitrogens with one attached hydrogen (secondary N) is 1. The molecule has 2 N–H and O–H groups in total. The maximum atomic E-state index is 9.25. The Morgan fingerprint density at radius 1 is 1.25 bits per heavy atom. The number of rotatable bonds is 6. The van der Waals surface area contributed by atoms with E-state index in [2.05, 4.69) is 70.1 Å². The van der Waals surface area contributed by atoms with E-state index in [0.717, 1.165) is 21.2 Å². The van der Waals surface area contributed by atoms with Crippen molar-refractivity contribution < 1.29 is 9.84 Å². The van der Waals surface area contributed by atoms with Gasteiger partial charge in [0.05, 0.1) is 21.7 Å². The van der Waals surface area contributed by atoms with E-state index in [0.29, 0.717) is 13.0 Å². The third kappa shape index (κ3) is 6.57. The quantitative estimate of drug-likeness (QED) is 0.739. The van der Waals surface area contributed by atoms with Crippen molar-refractivity contribution in [3.05, 3.63) is 26.6 Å². The van der Waals surface area contributed by atoms with E-state index < -0.39 is 0 Å². The fraction of sp³-hybridized carbons (Fsp3) is 0.600. The van der Waals surface area contributed by atoms with Gasteiger partial charge in [-0.1, -0.05) is 0 Å². The zero-order valence-corrected chi connectivity index (χ0v) is 15.6. The second-order valence-corrected chi connectivity index (χ2v) is 7.69. The number of aliphatic hydroxyl groups excluding tert-OH is 1. The molecule has 114 valence electrons. The van der Waals surface area contributed by atoms with Gasteiger partial charge in [0.25, 0.3) is 0 Å². The van der Waals surface area contributed by atoms with Crippen molar-refractivity contribution in [3.8, 4) is 5.75 Å². The van der Waals surface area contributed by atoms with Gasteiger partial charge in [-0.25, -0.2) is 0 Å². The molecular formula is C15H23Br2NO2. The number of ether oxygens (including phenoxy) is 1. The molecule has 3 nitrogen and oxygen atoms in total. The van der Waals surface area contributed by atoms with Crippen molar-refractivity contribution in [1.82, 2.24) is 5.32 Å². The molecule has 0 saturated heterocycles. The first kappa shape index (κ1) is 18.0. The van der Waals surface area contributed by atoms with Gasteiger partial charge in [-0.05, 0) is 77.3 Å². The van der Waals surface area contributed by atoms with Crippen LogP contribution in [0.2, 0.25) is 0 Å². The van der Waals surface area contributed by atoms with Crippen LogP contribution in [0.3, 0.4) is 0 Å². The second-order valence-electron chi connectivity index (χ2n) is 5.98. The standard InChI is InChI=1S/C15H23Br2NO2/c1-10(19)5-6-20-14-12(16)7-11(8-13(14)17)9-18-15(2,3)4/h7-8,10,18-19H,5-6,9H2,1-4H3.